The van der Waals surface area contributed by atoms with Gasteiger partial charge in [0.05, 0.1) is 10.9 Å². The summed E-state index contributed by atoms with van der Waals surface area (Å²) in [6.07, 6.45) is 1.73. The molecule has 0 radical (unpaired) electrons. The molecule has 0 aliphatic heterocycles. The normalized spacial score (nSPS) is 12.4. The summed E-state index contributed by atoms with van der Waals surface area (Å²) in [5.74, 6) is -0.122. The van der Waals surface area contributed by atoms with Crippen molar-refractivity contribution in [1.82, 2.24) is 4.98 Å². The summed E-state index contributed by atoms with van der Waals surface area (Å²) >= 11 is 1.39. The van der Waals surface area contributed by atoms with E-state index in [1.54, 1.807) is 13.1 Å². The zero-order chi connectivity index (χ0) is 10.6. The van der Waals surface area contributed by atoms with Gasteiger partial charge in [0.15, 0.2) is 0 Å². The number of carboxylic acids is 1. The summed E-state index contributed by atoms with van der Waals surface area (Å²) < 4.78 is 0. The SMILES string of the molecule is Cc1cccnc1CSC(C)C(=O)O. The van der Waals surface area contributed by atoms with Crippen molar-refractivity contribution in [1.29, 1.82) is 0 Å². The van der Waals surface area contributed by atoms with E-state index in [0.717, 1.165) is 11.3 Å². The maximum Gasteiger partial charge on any atom is 0.316 e. The Kier molecular flexibility index (Phi) is 3.95. The number of carbonyl (C=O) groups is 1. The molecule has 0 bridgehead atoms. The first kappa shape index (κ1) is 11.0. The number of nitrogens with zero attached hydrogens (tertiary/aromatic N) is 1. The maximum absolute atomic E-state index is 10.6. The number of hydrogen-bond donors (Lipinski definition) is 1. The third-order valence-corrected chi connectivity index (χ3v) is 3.08. The Morgan fingerprint density at radius 1 is 1.71 bits per heavy atom. The lowest BCUT2D eigenvalue weighted by atomic mass is 10.2. The minimum Gasteiger partial charge on any atom is -0.480 e. The highest BCUT2D eigenvalue weighted by atomic mass is 32.2. The molecule has 1 unspecified atom stereocenters. The van der Waals surface area contributed by atoms with Crippen LogP contribution in [-0.2, 0) is 10.5 Å². The van der Waals surface area contributed by atoms with Crippen molar-refractivity contribution in [3.05, 3.63) is 29.6 Å². The third kappa shape index (κ3) is 3.03. The lowest BCUT2D eigenvalue weighted by molar-refractivity contribution is -0.136. The van der Waals surface area contributed by atoms with Crippen LogP contribution in [0, 0.1) is 6.92 Å². The van der Waals surface area contributed by atoms with Crippen molar-refractivity contribution >= 4 is 17.7 Å². The first-order chi connectivity index (χ1) is 6.61. The zero-order valence-corrected chi connectivity index (χ0v) is 9.04. The number of rotatable bonds is 4. The van der Waals surface area contributed by atoms with E-state index >= 15 is 0 Å². The quantitative estimate of drug-likeness (QED) is 0.828. The van der Waals surface area contributed by atoms with Crippen LogP contribution in [0.25, 0.3) is 0 Å². The topological polar surface area (TPSA) is 50.2 Å². The number of carboxylic acid groups (broad SMARTS) is 1. The Hall–Kier alpha value is -1.03. The van der Waals surface area contributed by atoms with Gasteiger partial charge in [-0.2, -0.15) is 0 Å². The summed E-state index contributed by atoms with van der Waals surface area (Å²) in [6.45, 7) is 3.67. The number of hydrogen-bond acceptors (Lipinski definition) is 3. The molecule has 1 aromatic heterocycles. The Balaban J connectivity index is 2.54. The summed E-state index contributed by atoms with van der Waals surface area (Å²) in [5, 5.41) is 8.31. The van der Waals surface area contributed by atoms with Gasteiger partial charge in [-0.1, -0.05) is 6.07 Å². The largest absolute Gasteiger partial charge is 0.480 e. The monoisotopic (exact) mass is 211 g/mol. The molecule has 14 heavy (non-hydrogen) atoms. The van der Waals surface area contributed by atoms with Gasteiger partial charge in [0.25, 0.3) is 0 Å². The van der Waals surface area contributed by atoms with Gasteiger partial charge in [-0.15, -0.1) is 11.8 Å². The summed E-state index contributed by atoms with van der Waals surface area (Å²) in [5.41, 5.74) is 2.07. The van der Waals surface area contributed by atoms with E-state index < -0.39 is 5.97 Å². The lowest BCUT2D eigenvalue weighted by Crippen LogP contribution is -2.11. The molecule has 76 valence electrons. The molecule has 1 aromatic rings. The van der Waals surface area contributed by atoms with E-state index in [1.807, 2.05) is 19.1 Å². The highest BCUT2D eigenvalue weighted by Gasteiger charge is 2.11. The highest BCUT2D eigenvalue weighted by Crippen LogP contribution is 2.18. The first-order valence-electron chi connectivity index (χ1n) is 4.36. The molecule has 0 amide bonds. The van der Waals surface area contributed by atoms with Crippen LogP contribution < -0.4 is 0 Å². The average Bonchev–Trinajstić information content (AvgIpc) is 2.16. The molecule has 3 nitrogen and oxygen atoms in total. The van der Waals surface area contributed by atoms with E-state index in [1.165, 1.54) is 11.8 Å². The molecule has 1 N–H and O–H groups in total. The number of aliphatic carboxylic acids is 1. The number of aryl methyl sites for hydroxylation is 1. The van der Waals surface area contributed by atoms with Gasteiger partial charge in [-0.25, -0.2) is 0 Å². The van der Waals surface area contributed by atoms with Gasteiger partial charge in [-0.3, -0.25) is 9.78 Å². The van der Waals surface area contributed by atoms with E-state index in [0.29, 0.717) is 5.75 Å². The van der Waals surface area contributed by atoms with Crippen molar-refractivity contribution < 1.29 is 9.90 Å². The lowest BCUT2D eigenvalue weighted by Gasteiger charge is -2.06. The Labute approximate surface area is 87.6 Å². The standard InChI is InChI=1S/C10H13NO2S/c1-7-4-3-5-11-9(7)6-14-8(2)10(12)13/h3-5,8H,6H2,1-2H3,(H,12,13). The molecule has 1 heterocycles. The van der Waals surface area contributed by atoms with Crippen LogP contribution in [0.15, 0.2) is 18.3 Å². The summed E-state index contributed by atoms with van der Waals surface area (Å²) in [6, 6.07) is 3.86. The van der Waals surface area contributed by atoms with Gasteiger partial charge in [0.1, 0.15) is 0 Å². The van der Waals surface area contributed by atoms with Crippen LogP contribution in [0.4, 0.5) is 0 Å². The maximum atomic E-state index is 10.6. The minimum atomic E-state index is -0.774. The van der Waals surface area contributed by atoms with Crippen molar-refractivity contribution in [3.63, 3.8) is 0 Å². The molecule has 1 atom stereocenters. The minimum absolute atomic E-state index is 0.378. The molecule has 0 aromatic carbocycles. The molecule has 1 rings (SSSR count). The Morgan fingerprint density at radius 2 is 2.43 bits per heavy atom. The van der Waals surface area contributed by atoms with Crippen LogP contribution in [0.2, 0.25) is 0 Å². The number of aromatic nitrogens is 1. The number of pyridine rings is 1. The van der Waals surface area contributed by atoms with Gasteiger partial charge < -0.3 is 5.11 Å². The van der Waals surface area contributed by atoms with Crippen molar-refractivity contribution in [3.8, 4) is 0 Å². The van der Waals surface area contributed by atoms with E-state index in [9.17, 15) is 4.79 Å². The zero-order valence-electron chi connectivity index (χ0n) is 8.23. The number of thioether (sulfide) groups is 1. The first-order valence-corrected chi connectivity index (χ1v) is 5.41. The van der Waals surface area contributed by atoms with Crippen LogP contribution in [-0.4, -0.2) is 21.3 Å². The van der Waals surface area contributed by atoms with Crippen molar-refractivity contribution in [2.45, 2.75) is 24.9 Å². The Morgan fingerprint density at radius 3 is 3.00 bits per heavy atom. The van der Waals surface area contributed by atoms with E-state index in [4.69, 9.17) is 5.11 Å². The highest BCUT2D eigenvalue weighted by molar-refractivity contribution is 7.99. The molecule has 0 aliphatic rings. The van der Waals surface area contributed by atoms with Gasteiger partial charge in [-0.05, 0) is 25.5 Å². The third-order valence-electron chi connectivity index (χ3n) is 1.94. The average molecular weight is 211 g/mol. The predicted octanol–water partition coefficient (Wildman–Crippen LogP) is 2.10. The fraction of sp³-hybridized carbons (Fsp3) is 0.400. The molecular formula is C10H13NO2S. The summed E-state index contributed by atoms with van der Waals surface area (Å²) in [4.78, 5) is 14.8. The second kappa shape index (κ2) is 5.00. The fourth-order valence-electron chi connectivity index (χ4n) is 0.945. The molecule has 0 aliphatic carbocycles. The van der Waals surface area contributed by atoms with Gasteiger partial charge in [0, 0.05) is 11.9 Å². The van der Waals surface area contributed by atoms with Crippen LogP contribution >= 0.6 is 11.8 Å². The van der Waals surface area contributed by atoms with Gasteiger partial charge in [0.2, 0.25) is 0 Å². The Bertz CT molecular complexity index is 328. The van der Waals surface area contributed by atoms with Crippen LogP contribution in [0.3, 0.4) is 0 Å². The molecular weight excluding hydrogens is 198 g/mol. The second-order valence-electron chi connectivity index (χ2n) is 3.06. The molecule has 0 saturated heterocycles. The molecule has 0 saturated carbocycles. The van der Waals surface area contributed by atoms with Crippen LogP contribution in [0.1, 0.15) is 18.2 Å². The van der Waals surface area contributed by atoms with Crippen LogP contribution in [0.5, 0.6) is 0 Å². The summed E-state index contributed by atoms with van der Waals surface area (Å²) in [7, 11) is 0. The van der Waals surface area contributed by atoms with E-state index in [-0.39, 0.29) is 5.25 Å². The fourth-order valence-corrected chi connectivity index (χ4v) is 1.80. The molecule has 0 spiro atoms. The van der Waals surface area contributed by atoms with Crippen molar-refractivity contribution in [2.24, 2.45) is 0 Å². The van der Waals surface area contributed by atoms with E-state index in [2.05, 4.69) is 4.98 Å². The van der Waals surface area contributed by atoms with Crippen molar-refractivity contribution in [2.75, 3.05) is 0 Å². The van der Waals surface area contributed by atoms with Gasteiger partial charge >= 0.3 is 5.97 Å². The molecule has 0 fully saturated rings. The smallest absolute Gasteiger partial charge is 0.316 e. The second-order valence-corrected chi connectivity index (χ2v) is 4.39. The predicted molar refractivity (Wildman–Crippen MR) is 57.4 cm³/mol. The molecule has 4 heteroatoms.